The van der Waals surface area contributed by atoms with E-state index in [9.17, 15) is 4.79 Å². The van der Waals surface area contributed by atoms with Crippen molar-refractivity contribution in [3.05, 3.63) is 27.7 Å². The van der Waals surface area contributed by atoms with Gasteiger partial charge in [-0.05, 0) is 31.2 Å². The van der Waals surface area contributed by atoms with Crippen LogP contribution in [0.2, 0.25) is 0 Å². The molecule has 2 aromatic rings. The van der Waals surface area contributed by atoms with E-state index in [2.05, 4.69) is 15.2 Å². The Bertz CT molecular complexity index is 575. The lowest BCUT2D eigenvalue weighted by Crippen LogP contribution is -2.08. The van der Waals surface area contributed by atoms with Gasteiger partial charge in [0.2, 0.25) is 5.56 Å². The molecule has 0 radical (unpaired) electrons. The zero-order chi connectivity index (χ0) is 11.1. The molecule has 0 aliphatic heterocycles. The fourth-order valence-electron chi connectivity index (χ4n) is 2.80. The van der Waals surface area contributed by atoms with Gasteiger partial charge in [-0.1, -0.05) is 12.8 Å². The summed E-state index contributed by atoms with van der Waals surface area (Å²) in [5, 5.41) is 8.20. The van der Waals surface area contributed by atoms with E-state index in [4.69, 9.17) is 0 Å². The standard InChI is InChI=1S/C12H15N3O/c1-7-11-9(8-4-2-3-5-8)6-10(16)13-12(11)15-14-7/h6,8H,2-5H2,1H3,(H2,13,14,15,16). The maximum atomic E-state index is 11.6. The molecule has 84 valence electrons. The number of aryl methyl sites for hydroxylation is 1. The summed E-state index contributed by atoms with van der Waals surface area (Å²) < 4.78 is 0. The molecule has 0 spiro atoms. The molecule has 0 atom stereocenters. The summed E-state index contributed by atoms with van der Waals surface area (Å²) in [6.07, 6.45) is 4.94. The molecule has 2 N–H and O–H groups in total. The average Bonchev–Trinajstić information content (AvgIpc) is 2.87. The second kappa shape index (κ2) is 3.47. The predicted molar refractivity (Wildman–Crippen MR) is 62.7 cm³/mol. The molecule has 1 aliphatic carbocycles. The molecule has 16 heavy (non-hydrogen) atoms. The molecule has 0 aromatic carbocycles. The number of hydrogen-bond donors (Lipinski definition) is 2. The summed E-state index contributed by atoms with van der Waals surface area (Å²) in [6, 6.07) is 1.75. The minimum absolute atomic E-state index is 0.0408. The smallest absolute Gasteiger partial charge is 0.249 e. The van der Waals surface area contributed by atoms with Gasteiger partial charge in [0, 0.05) is 17.1 Å². The first-order chi connectivity index (χ1) is 7.75. The Balaban J connectivity index is 2.27. The van der Waals surface area contributed by atoms with E-state index in [1.54, 1.807) is 6.07 Å². The zero-order valence-corrected chi connectivity index (χ0v) is 9.34. The van der Waals surface area contributed by atoms with Crippen molar-refractivity contribution in [1.29, 1.82) is 0 Å². The number of nitrogens with zero attached hydrogens (tertiary/aromatic N) is 1. The number of aromatic nitrogens is 3. The fourth-order valence-corrected chi connectivity index (χ4v) is 2.80. The van der Waals surface area contributed by atoms with Gasteiger partial charge in [-0.3, -0.25) is 9.89 Å². The molecule has 0 saturated heterocycles. The third kappa shape index (κ3) is 1.37. The Morgan fingerprint density at radius 1 is 1.38 bits per heavy atom. The maximum absolute atomic E-state index is 11.6. The van der Waals surface area contributed by atoms with E-state index in [0.29, 0.717) is 11.6 Å². The van der Waals surface area contributed by atoms with Crippen LogP contribution >= 0.6 is 0 Å². The lowest BCUT2D eigenvalue weighted by molar-refractivity contribution is 0.727. The highest BCUT2D eigenvalue weighted by Gasteiger charge is 2.21. The number of H-pyrrole nitrogens is 2. The maximum Gasteiger partial charge on any atom is 0.249 e. The van der Waals surface area contributed by atoms with Crippen LogP contribution < -0.4 is 5.56 Å². The molecule has 4 nitrogen and oxygen atoms in total. The van der Waals surface area contributed by atoms with E-state index < -0.39 is 0 Å². The zero-order valence-electron chi connectivity index (χ0n) is 9.34. The molecular formula is C12H15N3O. The van der Waals surface area contributed by atoms with Crippen LogP contribution in [0.4, 0.5) is 0 Å². The fraction of sp³-hybridized carbons (Fsp3) is 0.500. The Morgan fingerprint density at radius 3 is 2.88 bits per heavy atom. The van der Waals surface area contributed by atoms with Crippen molar-refractivity contribution in [2.24, 2.45) is 0 Å². The molecule has 2 aromatic heterocycles. The normalized spacial score (nSPS) is 17.3. The van der Waals surface area contributed by atoms with Gasteiger partial charge in [-0.2, -0.15) is 5.10 Å². The van der Waals surface area contributed by atoms with Crippen molar-refractivity contribution in [3.63, 3.8) is 0 Å². The van der Waals surface area contributed by atoms with Crippen LogP contribution in [0, 0.1) is 6.92 Å². The van der Waals surface area contributed by atoms with Gasteiger partial charge in [0.05, 0.1) is 0 Å². The van der Waals surface area contributed by atoms with E-state index in [1.165, 1.54) is 31.2 Å². The first-order valence-corrected chi connectivity index (χ1v) is 5.83. The Morgan fingerprint density at radius 2 is 2.12 bits per heavy atom. The van der Waals surface area contributed by atoms with Gasteiger partial charge in [0.25, 0.3) is 0 Å². The monoisotopic (exact) mass is 217 g/mol. The molecule has 2 heterocycles. The summed E-state index contributed by atoms with van der Waals surface area (Å²) in [5.41, 5.74) is 2.89. The summed E-state index contributed by atoms with van der Waals surface area (Å²) >= 11 is 0. The van der Waals surface area contributed by atoms with E-state index >= 15 is 0 Å². The van der Waals surface area contributed by atoms with Gasteiger partial charge in [0.15, 0.2) is 5.65 Å². The average molecular weight is 217 g/mol. The molecule has 1 fully saturated rings. The van der Waals surface area contributed by atoms with Crippen molar-refractivity contribution in [2.75, 3.05) is 0 Å². The minimum atomic E-state index is -0.0408. The van der Waals surface area contributed by atoms with Crippen LogP contribution in [0.1, 0.15) is 42.9 Å². The summed E-state index contributed by atoms with van der Waals surface area (Å²) in [7, 11) is 0. The lowest BCUT2D eigenvalue weighted by Gasteiger charge is -2.10. The van der Waals surface area contributed by atoms with Crippen molar-refractivity contribution >= 4 is 11.0 Å². The van der Waals surface area contributed by atoms with Crippen LogP contribution in [0.15, 0.2) is 10.9 Å². The highest BCUT2D eigenvalue weighted by Crippen LogP contribution is 2.36. The van der Waals surface area contributed by atoms with Crippen LogP contribution in [0.3, 0.4) is 0 Å². The molecule has 0 amide bonds. The van der Waals surface area contributed by atoms with Crippen molar-refractivity contribution in [2.45, 2.75) is 38.5 Å². The number of fused-ring (bicyclic) bond motifs is 1. The largest absolute Gasteiger partial charge is 0.305 e. The Labute approximate surface area is 93.1 Å². The summed E-state index contributed by atoms with van der Waals surface area (Å²) in [5.74, 6) is 0.543. The summed E-state index contributed by atoms with van der Waals surface area (Å²) in [4.78, 5) is 14.3. The van der Waals surface area contributed by atoms with Gasteiger partial charge in [0.1, 0.15) is 0 Å². The van der Waals surface area contributed by atoms with Gasteiger partial charge in [-0.25, -0.2) is 0 Å². The second-order valence-corrected chi connectivity index (χ2v) is 4.64. The predicted octanol–water partition coefficient (Wildman–Crippen LogP) is 2.22. The van der Waals surface area contributed by atoms with Crippen molar-refractivity contribution in [3.8, 4) is 0 Å². The molecule has 0 bridgehead atoms. The third-order valence-corrected chi connectivity index (χ3v) is 3.56. The van der Waals surface area contributed by atoms with Crippen LogP contribution in [0.25, 0.3) is 11.0 Å². The molecule has 4 heteroatoms. The first kappa shape index (κ1) is 9.63. The van der Waals surface area contributed by atoms with Gasteiger partial charge < -0.3 is 4.98 Å². The molecule has 1 aliphatic rings. The SMILES string of the molecule is Cc1[nH]nc2[nH]c(=O)cc(C3CCCC3)c12. The quantitative estimate of drug-likeness (QED) is 0.769. The number of aromatic amines is 2. The van der Waals surface area contributed by atoms with Crippen LogP contribution in [-0.2, 0) is 0 Å². The number of nitrogens with one attached hydrogen (secondary N) is 2. The second-order valence-electron chi connectivity index (χ2n) is 4.64. The molecule has 1 saturated carbocycles. The Kier molecular flexibility index (Phi) is 2.09. The van der Waals surface area contributed by atoms with Crippen LogP contribution in [-0.4, -0.2) is 15.2 Å². The lowest BCUT2D eigenvalue weighted by atomic mass is 9.95. The van der Waals surface area contributed by atoms with Gasteiger partial charge in [-0.15, -0.1) is 0 Å². The number of hydrogen-bond acceptors (Lipinski definition) is 2. The molecule has 3 rings (SSSR count). The van der Waals surface area contributed by atoms with Crippen molar-refractivity contribution < 1.29 is 0 Å². The minimum Gasteiger partial charge on any atom is -0.305 e. The van der Waals surface area contributed by atoms with E-state index in [1.807, 2.05) is 6.92 Å². The topological polar surface area (TPSA) is 61.5 Å². The van der Waals surface area contributed by atoms with E-state index in [0.717, 1.165) is 11.1 Å². The van der Waals surface area contributed by atoms with Crippen LogP contribution in [0.5, 0.6) is 0 Å². The van der Waals surface area contributed by atoms with Gasteiger partial charge >= 0.3 is 0 Å². The first-order valence-electron chi connectivity index (χ1n) is 5.83. The highest BCUT2D eigenvalue weighted by molar-refractivity contribution is 5.81. The number of rotatable bonds is 1. The molecule has 0 unspecified atom stereocenters. The highest BCUT2D eigenvalue weighted by atomic mass is 16.1. The molecular weight excluding hydrogens is 202 g/mol. The Hall–Kier alpha value is -1.58. The third-order valence-electron chi connectivity index (χ3n) is 3.56. The van der Waals surface area contributed by atoms with Crippen molar-refractivity contribution in [1.82, 2.24) is 15.2 Å². The summed E-state index contributed by atoms with van der Waals surface area (Å²) in [6.45, 7) is 2.01. The van der Waals surface area contributed by atoms with E-state index in [-0.39, 0.29) is 5.56 Å². The number of pyridine rings is 1.